The summed E-state index contributed by atoms with van der Waals surface area (Å²) in [6, 6.07) is 4.85. The van der Waals surface area contributed by atoms with Gasteiger partial charge in [-0.25, -0.2) is 9.18 Å². The Balaban J connectivity index is 2.25. The topological polar surface area (TPSA) is 55.8 Å². The summed E-state index contributed by atoms with van der Waals surface area (Å²) in [7, 11) is 1.24. The van der Waals surface area contributed by atoms with Crippen LogP contribution < -0.4 is 0 Å². The second-order valence-electron chi connectivity index (χ2n) is 4.09. The zero-order valence-corrected chi connectivity index (χ0v) is 10.5. The molecule has 0 N–H and O–H groups in total. The molecular formula is C13H14FNO4. The molecule has 1 atom stereocenters. The van der Waals surface area contributed by atoms with Gasteiger partial charge in [0, 0.05) is 6.54 Å². The summed E-state index contributed by atoms with van der Waals surface area (Å²) >= 11 is 0. The van der Waals surface area contributed by atoms with Gasteiger partial charge in [0.2, 0.25) is 0 Å². The van der Waals surface area contributed by atoms with Crippen molar-refractivity contribution in [2.24, 2.45) is 0 Å². The fourth-order valence-electron chi connectivity index (χ4n) is 1.97. The normalized spacial score (nSPS) is 19.1. The van der Waals surface area contributed by atoms with Crippen LogP contribution in [0.5, 0.6) is 0 Å². The lowest BCUT2D eigenvalue weighted by molar-refractivity contribution is -0.151. The van der Waals surface area contributed by atoms with Crippen LogP contribution in [0.25, 0.3) is 0 Å². The number of rotatable bonds is 2. The van der Waals surface area contributed by atoms with Crippen LogP contribution in [0.15, 0.2) is 24.3 Å². The lowest BCUT2D eigenvalue weighted by Gasteiger charge is -2.33. The molecule has 0 spiro atoms. The van der Waals surface area contributed by atoms with Gasteiger partial charge < -0.3 is 14.4 Å². The van der Waals surface area contributed by atoms with Gasteiger partial charge in [0.1, 0.15) is 5.82 Å². The number of carbonyl (C=O) groups excluding carboxylic acids is 2. The first-order chi connectivity index (χ1) is 9.15. The van der Waals surface area contributed by atoms with Crippen LogP contribution in [0.1, 0.15) is 10.4 Å². The summed E-state index contributed by atoms with van der Waals surface area (Å²) in [6.45, 7) is 0.605. The minimum absolute atomic E-state index is 0.0571. The quantitative estimate of drug-likeness (QED) is 0.745. The van der Waals surface area contributed by atoms with E-state index >= 15 is 0 Å². The van der Waals surface area contributed by atoms with Crippen molar-refractivity contribution < 1.29 is 23.5 Å². The number of hydrogen-bond acceptors (Lipinski definition) is 4. The van der Waals surface area contributed by atoms with E-state index in [1.165, 1.54) is 30.2 Å². The van der Waals surface area contributed by atoms with Crippen molar-refractivity contribution in [1.82, 2.24) is 4.90 Å². The zero-order valence-electron chi connectivity index (χ0n) is 10.5. The van der Waals surface area contributed by atoms with Crippen molar-refractivity contribution in [3.63, 3.8) is 0 Å². The maximum atomic E-state index is 13.6. The molecule has 0 bridgehead atoms. The van der Waals surface area contributed by atoms with Crippen molar-refractivity contribution in [2.45, 2.75) is 6.04 Å². The van der Waals surface area contributed by atoms with E-state index in [1.807, 2.05) is 0 Å². The van der Waals surface area contributed by atoms with Gasteiger partial charge in [0.15, 0.2) is 6.04 Å². The fraction of sp³-hybridized carbons (Fsp3) is 0.385. The standard InChI is InChI=1S/C13H14FNO4/c1-18-13(17)11-8-19-7-6-15(11)12(16)9-4-2-3-5-10(9)14/h2-5,11H,6-8H2,1H3. The molecule has 1 heterocycles. The van der Waals surface area contributed by atoms with Gasteiger partial charge >= 0.3 is 5.97 Å². The van der Waals surface area contributed by atoms with Crippen LogP contribution in [0.3, 0.4) is 0 Å². The molecule has 5 nitrogen and oxygen atoms in total. The number of benzene rings is 1. The summed E-state index contributed by atoms with van der Waals surface area (Å²) < 4.78 is 23.4. The molecule has 1 aromatic carbocycles. The molecule has 1 unspecified atom stereocenters. The number of carbonyl (C=O) groups is 2. The van der Waals surface area contributed by atoms with Gasteiger partial charge in [-0.1, -0.05) is 12.1 Å². The van der Waals surface area contributed by atoms with Crippen LogP contribution in [0.4, 0.5) is 4.39 Å². The van der Waals surface area contributed by atoms with E-state index in [4.69, 9.17) is 4.74 Å². The first-order valence-corrected chi connectivity index (χ1v) is 5.86. The number of ether oxygens (including phenoxy) is 2. The lowest BCUT2D eigenvalue weighted by Crippen LogP contribution is -2.53. The van der Waals surface area contributed by atoms with Gasteiger partial charge in [-0.2, -0.15) is 0 Å². The predicted octanol–water partition coefficient (Wildman–Crippen LogP) is 0.840. The Hall–Kier alpha value is -1.95. The first kappa shape index (κ1) is 13.5. The third-order valence-corrected chi connectivity index (χ3v) is 2.97. The van der Waals surface area contributed by atoms with E-state index in [1.54, 1.807) is 6.07 Å². The van der Waals surface area contributed by atoms with Gasteiger partial charge in [-0.05, 0) is 12.1 Å². The van der Waals surface area contributed by atoms with E-state index in [0.717, 1.165) is 0 Å². The minimum atomic E-state index is -0.828. The molecule has 1 saturated heterocycles. The fourth-order valence-corrected chi connectivity index (χ4v) is 1.97. The Morgan fingerprint density at radius 3 is 2.84 bits per heavy atom. The average Bonchev–Trinajstić information content (AvgIpc) is 2.46. The molecule has 0 aromatic heterocycles. The smallest absolute Gasteiger partial charge is 0.331 e. The van der Waals surface area contributed by atoms with Crippen molar-refractivity contribution in [3.05, 3.63) is 35.6 Å². The minimum Gasteiger partial charge on any atom is -0.467 e. The first-order valence-electron chi connectivity index (χ1n) is 5.86. The maximum absolute atomic E-state index is 13.6. The van der Waals surface area contributed by atoms with E-state index in [2.05, 4.69) is 4.74 Å². The number of halogens is 1. The maximum Gasteiger partial charge on any atom is 0.331 e. The van der Waals surface area contributed by atoms with Crippen LogP contribution in [0, 0.1) is 5.82 Å². The number of methoxy groups -OCH3 is 1. The number of morpholine rings is 1. The highest BCUT2D eigenvalue weighted by atomic mass is 19.1. The van der Waals surface area contributed by atoms with Crippen molar-refractivity contribution >= 4 is 11.9 Å². The predicted molar refractivity (Wildman–Crippen MR) is 64.1 cm³/mol. The Morgan fingerprint density at radius 2 is 2.16 bits per heavy atom. The summed E-state index contributed by atoms with van der Waals surface area (Å²) in [4.78, 5) is 25.2. The molecule has 1 amide bonds. The highest BCUT2D eigenvalue weighted by Gasteiger charge is 2.34. The van der Waals surface area contributed by atoms with Gasteiger partial charge in [-0.3, -0.25) is 4.79 Å². The summed E-state index contributed by atoms with van der Waals surface area (Å²) in [6.07, 6.45) is 0. The molecule has 2 rings (SSSR count). The van der Waals surface area contributed by atoms with Crippen molar-refractivity contribution in [1.29, 1.82) is 0 Å². The SMILES string of the molecule is COC(=O)C1COCCN1C(=O)c1ccccc1F. The molecule has 0 aliphatic carbocycles. The number of amides is 1. The average molecular weight is 267 g/mol. The van der Waals surface area contributed by atoms with E-state index in [0.29, 0.717) is 6.61 Å². The second kappa shape index (κ2) is 5.79. The monoisotopic (exact) mass is 267 g/mol. The van der Waals surface area contributed by atoms with Crippen LogP contribution in [-0.2, 0) is 14.3 Å². The zero-order chi connectivity index (χ0) is 13.8. The Morgan fingerprint density at radius 1 is 1.42 bits per heavy atom. The molecule has 1 aromatic rings. The van der Waals surface area contributed by atoms with Gasteiger partial charge in [0.05, 0.1) is 25.9 Å². The highest BCUT2D eigenvalue weighted by molar-refractivity contribution is 5.97. The van der Waals surface area contributed by atoms with Crippen LogP contribution >= 0.6 is 0 Å². The molecule has 0 radical (unpaired) electrons. The molecule has 0 saturated carbocycles. The van der Waals surface area contributed by atoms with E-state index in [-0.39, 0.29) is 18.7 Å². The molecular weight excluding hydrogens is 253 g/mol. The van der Waals surface area contributed by atoms with Gasteiger partial charge in [-0.15, -0.1) is 0 Å². The second-order valence-corrected chi connectivity index (χ2v) is 4.09. The van der Waals surface area contributed by atoms with Crippen LogP contribution in [0.2, 0.25) is 0 Å². The molecule has 1 fully saturated rings. The van der Waals surface area contributed by atoms with Gasteiger partial charge in [0.25, 0.3) is 5.91 Å². The molecule has 102 valence electrons. The summed E-state index contributed by atoms with van der Waals surface area (Å²) in [5, 5.41) is 0. The summed E-state index contributed by atoms with van der Waals surface area (Å²) in [5.74, 6) is -1.70. The molecule has 1 aliphatic rings. The largest absolute Gasteiger partial charge is 0.467 e. The lowest BCUT2D eigenvalue weighted by atomic mass is 10.1. The Labute approximate surface area is 109 Å². The third kappa shape index (κ3) is 2.73. The summed E-state index contributed by atoms with van der Waals surface area (Å²) in [5.41, 5.74) is -0.0571. The number of nitrogens with zero attached hydrogens (tertiary/aromatic N) is 1. The molecule has 1 aliphatic heterocycles. The number of hydrogen-bond donors (Lipinski definition) is 0. The van der Waals surface area contributed by atoms with Crippen LogP contribution in [-0.4, -0.2) is 49.7 Å². The third-order valence-electron chi connectivity index (χ3n) is 2.97. The molecule has 6 heteroatoms. The highest BCUT2D eigenvalue weighted by Crippen LogP contribution is 2.15. The molecule has 19 heavy (non-hydrogen) atoms. The Kier molecular flexibility index (Phi) is 4.11. The van der Waals surface area contributed by atoms with Crippen molar-refractivity contribution in [2.75, 3.05) is 26.9 Å². The number of esters is 1. The van der Waals surface area contributed by atoms with E-state index < -0.39 is 23.7 Å². The van der Waals surface area contributed by atoms with Crippen molar-refractivity contribution in [3.8, 4) is 0 Å². The Bertz CT molecular complexity index is 491. The van der Waals surface area contributed by atoms with E-state index in [9.17, 15) is 14.0 Å².